The zero-order chi connectivity index (χ0) is 10.8. The first-order valence-electron chi connectivity index (χ1n) is 5.62. The molecule has 1 saturated carbocycles. The lowest BCUT2D eigenvalue weighted by atomic mass is 9.94. The maximum Gasteiger partial charge on any atom is 0.126 e. The molecule has 0 bridgehead atoms. The molecule has 0 amide bonds. The summed E-state index contributed by atoms with van der Waals surface area (Å²) in [5.41, 5.74) is 1.75. The van der Waals surface area contributed by atoms with Crippen LogP contribution in [-0.4, -0.2) is 0 Å². The zero-order valence-electron chi connectivity index (χ0n) is 9.02. The van der Waals surface area contributed by atoms with Crippen molar-refractivity contribution in [3.63, 3.8) is 0 Å². The van der Waals surface area contributed by atoms with Crippen LogP contribution in [0.1, 0.15) is 36.8 Å². The predicted octanol–water partition coefficient (Wildman–Crippen LogP) is 4.52. The van der Waals surface area contributed by atoms with E-state index in [1.807, 2.05) is 6.92 Å². The first-order valence-corrected chi connectivity index (χ1v) is 5.99. The van der Waals surface area contributed by atoms with Crippen molar-refractivity contribution in [2.75, 3.05) is 0 Å². The van der Waals surface area contributed by atoms with Crippen LogP contribution < -0.4 is 0 Å². The fourth-order valence-corrected chi connectivity index (χ4v) is 2.63. The highest BCUT2D eigenvalue weighted by molar-refractivity contribution is 6.31. The van der Waals surface area contributed by atoms with E-state index in [1.165, 1.54) is 31.7 Å². The van der Waals surface area contributed by atoms with Crippen LogP contribution >= 0.6 is 11.6 Å². The summed E-state index contributed by atoms with van der Waals surface area (Å²) in [4.78, 5) is 0. The van der Waals surface area contributed by atoms with Gasteiger partial charge in [0.2, 0.25) is 0 Å². The minimum Gasteiger partial charge on any atom is -0.207 e. The van der Waals surface area contributed by atoms with Gasteiger partial charge in [0.25, 0.3) is 0 Å². The van der Waals surface area contributed by atoms with E-state index in [4.69, 9.17) is 11.6 Å². The topological polar surface area (TPSA) is 0 Å². The van der Waals surface area contributed by atoms with Gasteiger partial charge in [0.15, 0.2) is 0 Å². The number of halogens is 2. The van der Waals surface area contributed by atoms with Crippen LogP contribution in [-0.2, 0) is 6.42 Å². The minimum absolute atomic E-state index is 0.0937. The molecule has 0 nitrogen and oxygen atoms in total. The standard InChI is InChI=1S/C13H16ClF/c1-9-11(8-10-4-2-3-5-10)13(15)7-6-12(9)14/h6-7,10H,2-5,8H2,1H3. The van der Waals surface area contributed by atoms with Gasteiger partial charge in [-0.25, -0.2) is 4.39 Å². The highest BCUT2D eigenvalue weighted by Gasteiger charge is 2.19. The van der Waals surface area contributed by atoms with E-state index >= 15 is 0 Å². The molecule has 0 aromatic heterocycles. The Kier molecular flexibility index (Phi) is 3.30. The molecule has 82 valence electrons. The summed E-state index contributed by atoms with van der Waals surface area (Å²) in [5, 5.41) is 0.685. The molecule has 0 unspecified atom stereocenters. The monoisotopic (exact) mass is 226 g/mol. The zero-order valence-corrected chi connectivity index (χ0v) is 9.78. The van der Waals surface area contributed by atoms with Gasteiger partial charge in [-0.2, -0.15) is 0 Å². The highest BCUT2D eigenvalue weighted by Crippen LogP contribution is 2.31. The van der Waals surface area contributed by atoms with E-state index < -0.39 is 0 Å². The molecule has 1 aliphatic rings. The Bertz CT molecular complexity index is 354. The Balaban J connectivity index is 2.22. The minimum atomic E-state index is -0.0937. The van der Waals surface area contributed by atoms with Gasteiger partial charge < -0.3 is 0 Å². The second-order valence-corrected chi connectivity index (χ2v) is 4.89. The molecule has 0 aliphatic heterocycles. The van der Waals surface area contributed by atoms with Crippen molar-refractivity contribution >= 4 is 11.6 Å². The molecule has 0 spiro atoms. The molecule has 2 rings (SSSR count). The summed E-state index contributed by atoms with van der Waals surface area (Å²) in [5.74, 6) is 0.570. The Morgan fingerprint density at radius 3 is 2.67 bits per heavy atom. The van der Waals surface area contributed by atoms with E-state index in [2.05, 4.69) is 0 Å². The summed E-state index contributed by atoms with van der Waals surface area (Å²) in [7, 11) is 0. The van der Waals surface area contributed by atoms with E-state index in [0.717, 1.165) is 17.5 Å². The molecule has 1 aromatic carbocycles. The van der Waals surface area contributed by atoms with Crippen LogP contribution in [0.2, 0.25) is 5.02 Å². The lowest BCUT2D eigenvalue weighted by molar-refractivity contribution is 0.519. The molecule has 0 heterocycles. The second-order valence-electron chi connectivity index (χ2n) is 4.49. The normalized spacial score (nSPS) is 17.3. The maximum absolute atomic E-state index is 13.6. The summed E-state index contributed by atoms with van der Waals surface area (Å²) >= 11 is 6.00. The third kappa shape index (κ3) is 2.34. The molecular formula is C13H16ClF. The first kappa shape index (κ1) is 10.9. The van der Waals surface area contributed by atoms with Crippen LogP contribution in [0.3, 0.4) is 0 Å². The van der Waals surface area contributed by atoms with Crippen LogP contribution in [0.15, 0.2) is 12.1 Å². The Morgan fingerprint density at radius 1 is 1.33 bits per heavy atom. The molecule has 15 heavy (non-hydrogen) atoms. The Morgan fingerprint density at radius 2 is 2.00 bits per heavy atom. The van der Waals surface area contributed by atoms with E-state index in [-0.39, 0.29) is 5.82 Å². The second kappa shape index (κ2) is 4.52. The van der Waals surface area contributed by atoms with Crippen molar-refractivity contribution in [1.82, 2.24) is 0 Å². The summed E-state index contributed by atoms with van der Waals surface area (Å²) in [6.45, 7) is 1.91. The molecule has 0 N–H and O–H groups in total. The molecule has 1 aromatic rings. The highest BCUT2D eigenvalue weighted by atomic mass is 35.5. The van der Waals surface area contributed by atoms with Gasteiger partial charge in [0.1, 0.15) is 5.82 Å². The van der Waals surface area contributed by atoms with Crippen LogP contribution in [0.25, 0.3) is 0 Å². The van der Waals surface area contributed by atoms with Gasteiger partial charge in [-0.1, -0.05) is 37.3 Å². The van der Waals surface area contributed by atoms with Gasteiger partial charge in [-0.05, 0) is 42.5 Å². The summed E-state index contributed by atoms with van der Waals surface area (Å²) in [6, 6.07) is 3.13. The van der Waals surface area contributed by atoms with Crippen LogP contribution in [0.5, 0.6) is 0 Å². The maximum atomic E-state index is 13.6. The van der Waals surface area contributed by atoms with Gasteiger partial charge >= 0.3 is 0 Å². The average molecular weight is 227 g/mol. The van der Waals surface area contributed by atoms with Crippen molar-refractivity contribution in [3.05, 3.63) is 34.1 Å². The van der Waals surface area contributed by atoms with Crippen molar-refractivity contribution in [1.29, 1.82) is 0 Å². The Hall–Kier alpha value is -0.560. The summed E-state index contributed by atoms with van der Waals surface area (Å²) < 4.78 is 13.6. The Labute approximate surface area is 95.4 Å². The predicted molar refractivity (Wildman–Crippen MR) is 61.8 cm³/mol. The molecule has 0 radical (unpaired) electrons. The third-order valence-electron chi connectivity index (χ3n) is 3.44. The van der Waals surface area contributed by atoms with Gasteiger partial charge in [0.05, 0.1) is 0 Å². The largest absolute Gasteiger partial charge is 0.207 e. The molecule has 0 atom stereocenters. The summed E-state index contributed by atoms with van der Waals surface area (Å²) in [6.07, 6.45) is 5.94. The van der Waals surface area contributed by atoms with Crippen LogP contribution in [0.4, 0.5) is 4.39 Å². The molecule has 2 heteroatoms. The van der Waals surface area contributed by atoms with Crippen molar-refractivity contribution < 1.29 is 4.39 Å². The lowest BCUT2D eigenvalue weighted by Crippen LogP contribution is -2.03. The van der Waals surface area contributed by atoms with Crippen molar-refractivity contribution in [2.24, 2.45) is 5.92 Å². The van der Waals surface area contributed by atoms with Gasteiger partial charge in [0, 0.05) is 5.02 Å². The van der Waals surface area contributed by atoms with Crippen LogP contribution in [0, 0.1) is 18.7 Å². The lowest BCUT2D eigenvalue weighted by Gasteiger charge is -2.13. The average Bonchev–Trinajstić information content (AvgIpc) is 2.71. The van der Waals surface area contributed by atoms with Gasteiger partial charge in [-0.15, -0.1) is 0 Å². The van der Waals surface area contributed by atoms with Crippen molar-refractivity contribution in [2.45, 2.75) is 39.0 Å². The first-order chi connectivity index (χ1) is 7.18. The van der Waals surface area contributed by atoms with E-state index in [0.29, 0.717) is 10.9 Å². The smallest absolute Gasteiger partial charge is 0.126 e. The SMILES string of the molecule is Cc1c(Cl)ccc(F)c1CC1CCCC1. The third-order valence-corrected chi connectivity index (χ3v) is 3.85. The van der Waals surface area contributed by atoms with E-state index in [1.54, 1.807) is 6.07 Å². The quantitative estimate of drug-likeness (QED) is 0.696. The number of benzene rings is 1. The number of hydrogen-bond acceptors (Lipinski definition) is 0. The van der Waals surface area contributed by atoms with E-state index in [9.17, 15) is 4.39 Å². The molecule has 0 saturated heterocycles. The molecule has 1 fully saturated rings. The number of hydrogen-bond donors (Lipinski definition) is 0. The van der Waals surface area contributed by atoms with Gasteiger partial charge in [-0.3, -0.25) is 0 Å². The fourth-order valence-electron chi connectivity index (χ4n) is 2.45. The van der Waals surface area contributed by atoms with Crippen molar-refractivity contribution in [3.8, 4) is 0 Å². The molecular weight excluding hydrogens is 211 g/mol. The number of rotatable bonds is 2. The molecule has 1 aliphatic carbocycles. The fraction of sp³-hybridized carbons (Fsp3) is 0.538.